The Hall–Kier alpha value is -7.62. The Balaban J connectivity index is 0.000000172. The average molecular weight is 1160 g/mol. The third-order valence-electron chi connectivity index (χ3n) is 14.7. The number of halogens is 1. The second-order valence-corrected chi connectivity index (χ2v) is 28.7. The molecule has 1 unspecified atom stereocenters. The number of anilines is 1. The van der Waals surface area contributed by atoms with Gasteiger partial charge in [-0.2, -0.15) is 30.6 Å². The van der Waals surface area contributed by atoms with Gasteiger partial charge in [-0.1, -0.05) is 72.0 Å². The first kappa shape index (κ1) is 54.3. The summed E-state index contributed by atoms with van der Waals surface area (Å²) in [6.07, 6.45) is 18.6. The number of nitrogens with one attached hydrogen (secondary N) is 2. The number of nitrogens with zero attached hydrogens (tertiary/aromatic N) is 12. The van der Waals surface area contributed by atoms with Crippen LogP contribution in [0.15, 0.2) is 139 Å². The van der Waals surface area contributed by atoms with Crippen LogP contribution in [0.4, 0.5) is 5.69 Å². The summed E-state index contributed by atoms with van der Waals surface area (Å²) in [5, 5.41) is 34.2. The lowest BCUT2D eigenvalue weighted by Crippen LogP contribution is -2.44. The standard InChI is InChI=1S/C33H39BrN6O3Si.C27H28N8O/c1-44(2,3)14-13-42-23-40-30-17-26(27-19-36-39(22-27)32-9-4-5-12-43-32)10-11-29(30)33(37-40)31(41)16-25-18-35-38(21-25)20-24-7-6-8-28(34)15-24;1-33-7-9-34(10-8-33)23-4-2-3-19(11-23)17-35-18-20(14-30-35)12-26(36)27-24-6-5-21(13-25(24)31-32-27)22-15-28-29-16-22/h6-8,10-11,15,17-19,21-22,32H,4-5,9,12-14,16,20,23H2,1-3H3;2-6,11,13-16,18H,7-10,12,17H2,1H3,(H,28,29)(H,31,32). The number of ether oxygens (including phenoxy) is 2. The number of Topliss-reactive ketones (excluding diaryl/α,β-unsaturated/α-hetero) is 2. The van der Waals surface area contributed by atoms with E-state index in [1.165, 1.54) is 11.3 Å². The molecule has 0 amide bonds. The zero-order valence-electron chi connectivity index (χ0n) is 45.8. The van der Waals surface area contributed by atoms with Crippen molar-refractivity contribution in [1.29, 1.82) is 0 Å². The predicted molar refractivity (Wildman–Crippen MR) is 317 cm³/mol. The first-order chi connectivity index (χ1) is 38.8. The number of carbonyl (C=O) groups is 2. The lowest BCUT2D eigenvalue weighted by molar-refractivity contribution is -0.0394. The Labute approximate surface area is 474 Å². The van der Waals surface area contributed by atoms with Crippen LogP contribution in [0.5, 0.6) is 0 Å². The van der Waals surface area contributed by atoms with Crippen LogP contribution in [-0.2, 0) is 42.1 Å². The number of hydrogen-bond donors (Lipinski definition) is 2. The topological polar surface area (TPSA) is 188 Å². The quantitative estimate of drug-likeness (QED) is 0.0444. The molecule has 12 rings (SSSR count). The van der Waals surface area contributed by atoms with Gasteiger partial charge in [-0.3, -0.25) is 29.2 Å². The molecule has 0 bridgehead atoms. The summed E-state index contributed by atoms with van der Waals surface area (Å²) in [5.74, 6) is -0.0817. The van der Waals surface area contributed by atoms with E-state index in [0.29, 0.717) is 31.1 Å². The molecular formula is C60H67BrN14O4Si. The number of piperazine rings is 1. The number of hydrogen-bond acceptors (Lipinski definition) is 12. The van der Waals surface area contributed by atoms with E-state index < -0.39 is 8.07 Å². The van der Waals surface area contributed by atoms with E-state index in [4.69, 9.17) is 14.6 Å². The Morgan fingerprint density at radius 1 is 0.725 bits per heavy atom. The third-order valence-corrected chi connectivity index (χ3v) is 16.9. The summed E-state index contributed by atoms with van der Waals surface area (Å²) >= 11 is 3.52. The van der Waals surface area contributed by atoms with Gasteiger partial charge in [0, 0.05) is 117 Å². The number of likely N-dealkylation sites (N-methyl/N-ethyl adjacent to an activating group) is 1. The zero-order chi connectivity index (χ0) is 55.2. The molecule has 0 radical (unpaired) electrons. The highest BCUT2D eigenvalue weighted by Crippen LogP contribution is 2.31. The van der Waals surface area contributed by atoms with E-state index in [1.54, 1.807) is 18.6 Å². The maximum atomic E-state index is 13.7. The molecule has 2 N–H and O–H groups in total. The molecule has 2 saturated heterocycles. The molecule has 0 aliphatic carbocycles. The Morgan fingerprint density at radius 3 is 2.14 bits per heavy atom. The summed E-state index contributed by atoms with van der Waals surface area (Å²) < 4.78 is 20.5. The highest BCUT2D eigenvalue weighted by molar-refractivity contribution is 9.10. The van der Waals surface area contributed by atoms with Crippen LogP contribution >= 0.6 is 15.9 Å². The number of carbonyl (C=O) groups excluding carboxylic acids is 2. The second kappa shape index (κ2) is 24.4. The van der Waals surface area contributed by atoms with Crippen molar-refractivity contribution in [3.63, 3.8) is 0 Å². The number of ketones is 2. The molecule has 8 heterocycles. The van der Waals surface area contributed by atoms with Crippen molar-refractivity contribution in [2.45, 2.75) is 83.8 Å². The lowest BCUT2D eigenvalue weighted by Gasteiger charge is -2.34. The minimum absolute atomic E-state index is 0.0188. The van der Waals surface area contributed by atoms with Crippen LogP contribution in [0.1, 0.15) is 68.7 Å². The van der Waals surface area contributed by atoms with Crippen LogP contribution in [0.25, 0.3) is 44.1 Å². The van der Waals surface area contributed by atoms with E-state index in [9.17, 15) is 9.59 Å². The number of H-pyrrole nitrogens is 2. The lowest BCUT2D eigenvalue weighted by atomic mass is 10.0. The first-order valence-electron chi connectivity index (χ1n) is 27.4. The fourth-order valence-corrected chi connectivity index (χ4v) is 11.4. The minimum Gasteiger partial charge on any atom is -0.369 e. The maximum Gasteiger partial charge on any atom is 0.188 e. The van der Waals surface area contributed by atoms with Gasteiger partial charge in [-0.25, -0.2) is 9.36 Å². The minimum atomic E-state index is -1.23. The molecule has 18 nitrogen and oxygen atoms in total. The number of rotatable bonds is 19. The highest BCUT2D eigenvalue weighted by atomic mass is 79.9. The van der Waals surface area contributed by atoms with E-state index in [-0.39, 0.29) is 37.4 Å². The molecule has 20 heteroatoms. The molecule has 2 aliphatic rings. The van der Waals surface area contributed by atoms with Gasteiger partial charge >= 0.3 is 0 Å². The van der Waals surface area contributed by atoms with Gasteiger partial charge in [0.1, 0.15) is 24.3 Å². The highest BCUT2D eigenvalue weighted by Gasteiger charge is 2.23. The average Bonchev–Trinajstić information content (AvgIpc) is 4.39. The molecule has 6 aromatic heterocycles. The first-order valence-corrected chi connectivity index (χ1v) is 31.9. The van der Waals surface area contributed by atoms with Gasteiger partial charge in [-0.05, 0) is 114 Å². The van der Waals surface area contributed by atoms with Crippen LogP contribution < -0.4 is 4.90 Å². The SMILES string of the molecule is CN1CCN(c2cccc(Cn3cc(CC(=O)c4n[nH]c5cc(-c6cn[nH]c6)ccc45)cn3)c2)CC1.C[Si](C)(C)CCOCn1nc(C(=O)Cc2cnn(Cc3cccc(Br)c3)c2)c2ccc(-c3cnn(C4CCCCO4)c3)cc21. The van der Waals surface area contributed by atoms with Crippen molar-refractivity contribution < 1.29 is 19.1 Å². The summed E-state index contributed by atoms with van der Waals surface area (Å²) in [6.45, 7) is 14.3. The van der Waals surface area contributed by atoms with Crippen LogP contribution in [0.3, 0.4) is 0 Å². The Bertz CT molecular complexity index is 3720. The summed E-state index contributed by atoms with van der Waals surface area (Å²) in [4.78, 5) is 31.5. The normalized spacial score (nSPS) is 15.2. The van der Waals surface area contributed by atoms with Crippen molar-refractivity contribution in [3.8, 4) is 22.3 Å². The van der Waals surface area contributed by atoms with Gasteiger partial charge in [0.2, 0.25) is 0 Å². The fourth-order valence-electron chi connectivity index (χ4n) is 10.2. The molecule has 2 fully saturated rings. The molecular weight excluding hydrogens is 1090 g/mol. The number of benzene rings is 4. The monoisotopic (exact) mass is 1150 g/mol. The van der Waals surface area contributed by atoms with E-state index >= 15 is 0 Å². The predicted octanol–water partition coefficient (Wildman–Crippen LogP) is 10.7. The van der Waals surface area contributed by atoms with Gasteiger partial charge in [0.15, 0.2) is 11.6 Å². The zero-order valence-corrected chi connectivity index (χ0v) is 48.3. The van der Waals surface area contributed by atoms with Gasteiger partial charge in [0.25, 0.3) is 0 Å². The summed E-state index contributed by atoms with van der Waals surface area (Å²) in [6, 6.07) is 29.9. The number of fused-ring (bicyclic) bond motifs is 2. The van der Waals surface area contributed by atoms with Crippen LogP contribution in [0, 0.1) is 0 Å². The largest absolute Gasteiger partial charge is 0.369 e. The smallest absolute Gasteiger partial charge is 0.188 e. The van der Waals surface area contributed by atoms with Crippen LogP contribution in [-0.4, -0.2) is 130 Å². The van der Waals surface area contributed by atoms with Crippen LogP contribution in [0.2, 0.25) is 25.7 Å². The maximum absolute atomic E-state index is 13.7. The van der Waals surface area contributed by atoms with E-state index in [2.05, 4.69) is 131 Å². The molecule has 80 heavy (non-hydrogen) atoms. The summed E-state index contributed by atoms with van der Waals surface area (Å²) in [7, 11) is 0.933. The summed E-state index contributed by atoms with van der Waals surface area (Å²) in [5.41, 5.74) is 11.9. The number of aromatic amines is 2. The second-order valence-electron chi connectivity index (χ2n) is 22.2. The van der Waals surface area contributed by atoms with E-state index in [1.807, 2.05) is 92.2 Å². The van der Waals surface area contributed by atoms with Crippen molar-refractivity contribution >= 4 is 63.1 Å². The number of aromatic nitrogens is 12. The van der Waals surface area contributed by atoms with Crippen molar-refractivity contribution in [2.24, 2.45) is 0 Å². The molecule has 10 aromatic rings. The van der Waals surface area contributed by atoms with Gasteiger partial charge in [-0.15, -0.1) is 0 Å². The molecule has 1 atom stereocenters. The van der Waals surface area contributed by atoms with E-state index in [0.717, 1.165) is 123 Å². The van der Waals surface area contributed by atoms with Crippen molar-refractivity contribution in [2.75, 3.05) is 51.3 Å². The third kappa shape index (κ3) is 13.3. The molecule has 2 aliphatic heterocycles. The van der Waals surface area contributed by atoms with Gasteiger partial charge in [0.05, 0.1) is 48.9 Å². The molecule has 412 valence electrons. The molecule has 0 spiro atoms. The van der Waals surface area contributed by atoms with Gasteiger partial charge < -0.3 is 19.3 Å². The van der Waals surface area contributed by atoms with Crippen molar-refractivity contribution in [3.05, 3.63) is 173 Å². The fraction of sp³-hybridized carbons (Fsp3) is 0.333. The Kier molecular flexibility index (Phi) is 16.6. The molecule has 0 saturated carbocycles. The van der Waals surface area contributed by atoms with Crippen molar-refractivity contribution in [1.82, 2.24) is 64.4 Å². The Morgan fingerprint density at radius 2 is 1.44 bits per heavy atom. The molecule has 4 aromatic carbocycles.